The third-order valence-electron chi connectivity index (χ3n) is 2.63. The van der Waals surface area contributed by atoms with Gasteiger partial charge in [0.2, 0.25) is 10.0 Å². The molecule has 0 unspecified atom stereocenters. The summed E-state index contributed by atoms with van der Waals surface area (Å²) in [4.78, 5) is 0. The molecule has 0 amide bonds. The lowest BCUT2D eigenvalue weighted by molar-refractivity contribution is 0.530. The summed E-state index contributed by atoms with van der Waals surface area (Å²) in [6.45, 7) is 7.27. The van der Waals surface area contributed by atoms with Crippen molar-refractivity contribution in [1.29, 1.82) is 0 Å². The van der Waals surface area contributed by atoms with Crippen LogP contribution in [0.1, 0.15) is 39.3 Å². The van der Waals surface area contributed by atoms with E-state index in [1.165, 1.54) is 12.1 Å². The zero-order valence-electron chi connectivity index (χ0n) is 12.7. The summed E-state index contributed by atoms with van der Waals surface area (Å²) in [5.41, 5.74) is 0.481. The number of hydrogen-bond acceptors (Lipinski definition) is 4. The molecule has 120 valence electrons. The Morgan fingerprint density at radius 1 is 1.33 bits per heavy atom. The van der Waals surface area contributed by atoms with Gasteiger partial charge in [-0.1, -0.05) is 6.07 Å². The number of hydrogen-bond donors (Lipinski definition) is 2. The van der Waals surface area contributed by atoms with Crippen LogP contribution in [-0.2, 0) is 21.4 Å². The Hall–Kier alpha value is -0.830. The highest BCUT2D eigenvalue weighted by Crippen LogP contribution is 2.23. The van der Waals surface area contributed by atoms with Crippen LogP contribution in [0.25, 0.3) is 0 Å². The Morgan fingerprint density at radius 3 is 2.33 bits per heavy atom. The first-order chi connectivity index (χ1) is 9.40. The molecular weight excluding hydrogens is 315 g/mol. The van der Waals surface area contributed by atoms with E-state index < -0.39 is 31.9 Å². The maximum absolute atomic E-state index is 13.9. The lowest BCUT2D eigenvalue weighted by atomic mass is 10.1. The van der Waals surface area contributed by atoms with Gasteiger partial charge >= 0.3 is 0 Å². The first-order valence-electron chi connectivity index (χ1n) is 6.35. The predicted octanol–water partition coefficient (Wildman–Crippen LogP) is 2.31. The summed E-state index contributed by atoms with van der Waals surface area (Å²) in [6, 6.07) is 3.84. The number of nitrogens with one attached hydrogen (secondary N) is 2. The molecule has 5 nitrogen and oxygen atoms in total. The fourth-order valence-corrected chi connectivity index (χ4v) is 2.86. The average molecular weight is 336 g/mol. The molecule has 0 saturated heterocycles. The van der Waals surface area contributed by atoms with E-state index >= 15 is 0 Å². The van der Waals surface area contributed by atoms with Crippen molar-refractivity contribution in [2.75, 3.05) is 11.0 Å². The normalized spacial score (nSPS) is 15.6. The lowest BCUT2D eigenvalue weighted by Gasteiger charge is -2.26. The third kappa shape index (κ3) is 5.82. The molecule has 0 aromatic heterocycles. The molecule has 1 aromatic carbocycles. The Morgan fingerprint density at radius 2 is 1.90 bits per heavy atom. The van der Waals surface area contributed by atoms with Gasteiger partial charge in [0.1, 0.15) is 10.6 Å². The lowest BCUT2D eigenvalue weighted by Crippen LogP contribution is -2.40. The van der Waals surface area contributed by atoms with Gasteiger partial charge in [-0.25, -0.2) is 12.8 Å². The molecule has 0 fully saturated rings. The minimum absolute atomic E-state index is 0.106. The highest BCUT2D eigenvalue weighted by molar-refractivity contribution is 7.92. The van der Waals surface area contributed by atoms with E-state index in [4.69, 9.17) is 0 Å². The van der Waals surface area contributed by atoms with Crippen LogP contribution < -0.4 is 9.44 Å². The van der Waals surface area contributed by atoms with E-state index in [0.29, 0.717) is 5.56 Å². The van der Waals surface area contributed by atoms with Crippen molar-refractivity contribution in [3.8, 4) is 0 Å². The fourth-order valence-electron chi connectivity index (χ4n) is 1.49. The van der Waals surface area contributed by atoms with Crippen LogP contribution in [0.4, 0.5) is 10.1 Å². The van der Waals surface area contributed by atoms with Gasteiger partial charge in [0.25, 0.3) is 0 Å². The van der Waals surface area contributed by atoms with E-state index in [-0.39, 0.29) is 11.7 Å². The molecular formula is C13H21FN2O3S2. The Labute approximate surface area is 128 Å². The number of halogens is 1. The van der Waals surface area contributed by atoms with Gasteiger partial charge in [-0.05, 0) is 45.4 Å². The molecule has 0 aliphatic rings. The summed E-state index contributed by atoms with van der Waals surface area (Å²) in [5, 5.41) is 0. The maximum atomic E-state index is 13.9. The van der Waals surface area contributed by atoms with Crippen molar-refractivity contribution in [2.45, 2.75) is 38.5 Å². The van der Waals surface area contributed by atoms with E-state index in [2.05, 4.69) is 9.44 Å². The minimum Gasteiger partial charge on any atom is -0.598 e. The van der Waals surface area contributed by atoms with E-state index in [1.807, 2.05) is 20.8 Å². The first kappa shape index (κ1) is 18.2. The van der Waals surface area contributed by atoms with Crippen LogP contribution in [0.3, 0.4) is 0 Å². The molecule has 0 aliphatic heterocycles. The molecule has 2 atom stereocenters. The summed E-state index contributed by atoms with van der Waals surface area (Å²) < 4.78 is 52.6. The van der Waals surface area contributed by atoms with Gasteiger partial charge in [0.05, 0.1) is 18.0 Å². The summed E-state index contributed by atoms with van der Waals surface area (Å²) in [6.07, 6.45) is 0.955. The highest BCUT2D eigenvalue weighted by Gasteiger charge is 2.28. The molecule has 0 aliphatic carbocycles. The molecule has 2 N–H and O–H groups in total. The number of anilines is 1. The quantitative estimate of drug-likeness (QED) is 0.809. The van der Waals surface area contributed by atoms with Crippen molar-refractivity contribution in [1.82, 2.24) is 4.72 Å². The van der Waals surface area contributed by atoms with Gasteiger partial charge in [-0.2, -0.15) is 0 Å². The van der Waals surface area contributed by atoms with Crippen LogP contribution in [-0.4, -0.2) is 24.0 Å². The highest BCUT2D eigenvalue weighted by atomic mass is 32.2. The molecule has 21 heavy (non-hydrogen) atoms. The predicted molar refractivity (Wildman–Crippen MR) is 84.3 cm³/mol. The second kappa shape index (κ2) is 6.51. The largest absolute Gasteiger partial charge is 0.598 e. The van der Waals surface area contributed by atoms with Crippen LogP contribution in [0.2, 0.25) is 0 Å². The molecule has 0 radical (unpaired) electrons. The molecule has 1 rings (SSSR count). The van der Waals surface area contributed by atoms with E-state index in [0.717, 1.165) is 6.26 Å². The zero-order chi connectivity index (χ0) is 16.4. The second-order valence-corrected chi connectivity index (χ2v) is 9.58. The van der Waals surface area contributed by atoms with Crippen molar-refractivity contribution in [3.63, 3.8) is 0 Å². The average Bonchev–Trinajstić information content (AvgIpc) is 2.28. The standard InChI is InChI=1S/C13H21FN2O3S2/c1-9(15-20(17)13(2,3)4)10-6-7-12(11(14)8-10)16-21(5,18)19/h6-9,15-16H,1-5H3/t9-,20-/m1/s1. The van der Waals surface area contributed by atoms with Crippen molar-refractivity contribution < 1.29 is 17.4 Å². The maximum Gasteiger partial charge on any atom is 0.229 e. The van der Waals surface area contributed by atoms with Gasteiger partial charge in [0, 0.05) is 11.4 Å². The summed E-state index contributed by atoms with van der Waals surface area (Å²) in [5.74, 6) is -0.673. The molecule has 1 aromatic rings. The Balaban J connectivity index is 2.88. The Kier molecular flexibility index (Phi) is 5.65. The van der Waals surface area contributed by atoms with Gasteiger partial charge < -0.3 is 4.55 Å². The number of sulfonamides is 1. The molecule has 0 heterocycles. The fraction of sp³-hybridized carbons (Fsp3) is 0.538. The molecule has 0 bridgehead atoms. The van der Waals surface area contributed by atoms with Crippen LogP contribution in [0.15, 0.2) is 18.2 Å². The molecule has 0 spiro atoms. The van der Waals surface area contributed by atoms with E-state index in [1.54, 1.807) is 13.0 Å². The molecule has 8 heteroatoms. The topological polar surface area (TPSA) is 81.3 Å². The number of benzene rings is 1. The number of rotatable bonds is 5. The van der Waals surface area contributed by atoms with Crippen molar-refractivity contribution >= 4 is 27.1 Å². The van der Waals surface area contributed by atoms with Crippen molar-refractivity contribution in [2.24, 2.45) is 0 Å². The monoisotopic (exact) mass is 336 g/mol. The first-order valence-corrected chi connectivity index (χ1v) is 9.39. The van der Waals surface area contributed by atoms with Crippen LogP contribution >= 0.6 is 0 Å². The Bertz CT molecular complexity index is 600. The van der Waals surface area contributed by atoms with Crippen molar-refractivity contribution in [3.05, 3.63) is 29.6 Å². The van der Waals surface area contributed by atoms with Gasteiger partial charge in [-0.3, -0.25) is 4.72 Å². The smallest absolute Gasteiger partial charge is 0.229 e. The third-order valence-corrected chi connectivity index (χ3v) is 4.90. The summed E-state index contributed by atoms with van der Waals surface area (Å²) >= 11 is -1.28. The minimum atomic E-state index is -3.53. The zero-order valence-corrected chi connectivity index (χ0v) is 14.4. The second-order valence-electron chi connectivity index (χ2n) is 5.83. The van der Waals surface area contributed by atoms with E-state index in [9.17, 15) is 17.4 Å². The SMILES string of the molecule is C[C@@H](N[S@+]([O-])C(C)(C)C)c1ccc(NS(C)(=O)=O)c(F)c1. The molecule has 0 saturated carbocycles. The van der Waals surface area contributed by atoms with Gasteiger partial charge in [0.15, 0.2) is 0 Å². The van der Waals surface area contributed by atoms with Crippen LogP contribution in [0, 0.1) is 5.82 Å². The summed E-state index contributed by atoms with van der Waals surface area (Å²) in [7, 11) is -3.53. The van der Waals surface area contributed by atoms with Gasteiger partial charge in [-0.15, -0.1) is 4.72 Å². The van der Waals surface area contributed by atoms with Crippen LogP contribution in [0.5, 0.6) is 0 Å².